The molecule has 0 bridgehead atoms. The van der Waals surface area contributed by atoms with Crippen LogP contribution in [0.5, 0.6) is 0 Å². The molecule has 3 rings (SSSR count). The van der Waals surface area contributed by atoms with Crippen molar-refractivity contribution in [3.8, 4) is 0 Å². The Morgan fingerprint density at radius 2 is 1.84 bits per heavy atom. The molecule has 0 fully saturated rings. The number of aromatic nitrogens is 1. The van der Waals surface area contributed by atoms with Crippen LogP contribution in [0.25, 0.3) is 10.9 Å². The first-order chi connectivity index (χ1) is 9.13. The van der Waals surface area contributed by atoms with E-state index in [0.717, 1.165) is 17.0 Å². The molecule has 0 aliphatic heterocycles. The fourth-order valence-corrected chi connectivity index (χ4v) is 2.17. The second-order valence-electron chi connectivity index (χ2n) is 4.50. The predicted molar refractivity (Wildman–Crippen MR) is 71.8 cm³/mol. The van der Waals surface area contributed by atoms with E-state index in [9.17, 15) is 8.78 Å². The molecule has 1 heterocycles. The van der Waals surface area contributed by atoms with Gasteiger partial charge in [-0.1, -0.05) is 12.1 Å². The van der Waals surface area contributed by atoms with Crippen molar-refractivity contribution in [1.29, 1.82) is 0 Å². The van der Waals surface area contributed by atoms with Gasteiger partial charge in [-0.25, -0.2) is 8.78 Å². The number of nitrogen functional groups attached to an aromatic ring is 1. The topological polar surface area (TPSA) is 30.9 Å². The zero-order valence-electron chi connectivity index (χ0n) is 10.1. The van der Waals surface area contributed by atoms with Crippen molar-refractivity contribution in [1.82, 2.24) is 4.57 Å². The van der Waals surface area contributed by atoms with Gasteiger partial charge in [-0.2, -0.15) is 0 Å². The van der Waals surface area contributed by atoms with Gasteiger partial charge in [0.15, 0.2) is 0 Å². The van der Waals surface area contributed by atoms with E-state index in [2.05, 4.69) is 0 Å². The molecule has 0 aliphatic carbocycles. The smallest absolute Gasteiger partial charge is 0.131 e. The standard InChI is InChI=1S/C15H12F2N2/c16-12-3-1-11(14(17)7-12)9-19-6-5-10-2-4-13(18)8-15(10)19/h1-8H,9,18H2. The van der Waals surface area contributed by atoms with E-state index in [1.165, 1.54) is 12.1 Å². The number of hydrogen-bond acceptors (Lipinski definition) is 1. The largest absolute Gasteiger partial charge is 0.399 e. The molecule has 0 atom stereocenters. The number of rotatable bonds is 2. The summed E-state index contributed by atoms with van der Waals surface area (Å²) in [5.41, 5.74) is 7.80. The Labute approximate surface area is 109 Å². The highest BCUT2D eigenvalue weighted by molar-refractivity contribution is 5.83. The van der Waals surface area contributed by atoms with Gasteiger partial charge >= 0.3 is 0 Å². The van der Waals surface area contributed by atoms with Gasteiger partial charge in [0.05, 0.1) is 12.1 Å². The van der Waals surface area contributed by atoms with Gasteiger partial charge in [0.25, 0.3) is 0 Å². The minimum atomic E-state index is -0.567. The summed E-state index contributed by atoms with van der Waals surface area (Å²) < 4.78 is 28.4. The van der Waals surface area contributed by atoms with Crippen molar-refractivity contribution < 1.29 is 8.78 Å². The van der Waals surface area contributed by atoms with Crippen molar-refractivity contribution in [2.75, 3.05) is 5.73 Å². The van der Waals surface area contributed by atoms with Gasteiger partial charge in [-0.15, -0.1) is 0 Å². The monoisotopic (exact) mass is 258 g/mol. The highest BCUT2D eigenvalue weighted by atomic mass is 19.1. The highest BCUT2D eigenvalue weighted by Gasteiger charge is 2.07. The third-order valence-electron chi connectivity index (χ3n) is 3.15. The van der Waals surface area contributed by atoms with Gasteiger partial charge in [-0.3, -0.25) is 0 Å². The van der Waals surface area contributed by atoms with Crippen LogP contribution in [-0.2, 0) is 6.54 Å². The molecule has 96 valence electrons. The van der Waals surface area contributed by atoms with E-state index in [1.54, 1.807) is 0 Å². The summed E-state index contributed by atoms with van der Waals surface area (Å²) in [5.74, 6) is -1.10. The zero-order chi connectivity index (χ0) is 13.4. The van der Waals surface area contributed by atoms with Crippen LogP contribution >= 0.6 is 0 Å². The Kier molecular flexibility index (Phi) is 2.71. The van der Waals surface area contributed by atoms with Crippen LogP contribution in [-0.4, -0.2) is 4.57 Å². The summed E-state index contributed by atoms with van der Waals surface area (Å²) >= 11 is 0. The van der Waals surface area contributed by atoms with Crippen molar-refractivity contribution >= 4 is 16.6 Å². The second kappa shape index (κ2) is 4.39. The van der Waals surface area contributed by atoms with E-state index >= 15 is 0 Å². The number of nitrogens with zero attached hydrogens (tertiary/aromatic N) is 1. The molecule has 4 heteroatoms. The number of anilines is 1. The molecular weight excluding hydrogens is 246 g/mol. The lowest BCUT2D eigenvalue weighted by molar-refractivity contribution is 0.567. The number of fused-ring (bicyclic) bond motifs is 1. The molecule has 0 amide bonds. The van der Waals surface area contributed by atoms with Crippen molar-refractivity contribution in [3.63, 3.8) is 0 Å². The molecule has 0 radical (unpaired) electrons. The van der Waals surface area contributed by atoms with E-state index in [4.69, 9.17) is 5.73 Å². The summed E-state index contributed by atoms with van der Waals surface area (Å²) in [6, 6.07) is 11.1. The minimum Gasteiger partial charge on any atom is -0.399 e. The van der Waals surface area contributed by atoms with Crippen molar-refractivity contribution in [3.05, 3.63) is 65.9 Å². The molecule has 2 aromatic carbocycles. The molecule has 0 unspecified atom stereocenters. The fraction of sp³-hybridized carbons (Fsp3) is 0.0667. The highest BCUT2D eigenvalue weighted by Crippen LogP contribution is 2.21. The molecule has 19 heavy (non-hydrogen) atoms. The van der Waals surface area contributed by atoms with Gasteiger partial charge in [0, 0.05) is 23.5 Å². The van der Waals surface area contributed by atoms with Crippen LogP contribution in [0.4, 0.5) is 14.5 Å². The van der Waals surface area contributed by atoms with E-state index < -0.39 is 11.6 Å². The Balaban J connectivity index is 2.03. The first-order valence-electron chi connectivity index (χ1n) is 5.92. The van der Waals surface area contributed by atoms with E-state index in [0.29, 0.717) is 17.8 Å². The normalized spacial score (nSPS) is 11.1. The molecule has 0 saturated carbocycles. The quantitative estimate of drug-likeness (QED) is 0.700. The van der Waals surface area contributed by atoms with Gasteiger partial charge < -0.3 is 10.3 Å². The number of hydrogen-bond donors (Lipinski definition) is 1. The molecule has 0 aliphatic rings. The molecule has 2 N–H and O–H groups in total. The van der Waals surface area contributed by atoms with Gasteiger partial charge in [0.1, 0.15) is 11.6 Å². The Morgan fingerprint density at radius 1 is 1.00 bits per heavy atom. The lowest BCUT2D eigenvalue weighted by Crippen LogP contribution is -2.01. The first-order valence-corrected chi connectivity index (χ1v) is 5.92. The molecule has 1 aromatic heterocycles. The maximum atomic E-state index is 13.6. The van der Waals surface area contributed by atoms with E-state index in [-0.39, 0.29) is 0 Å². The van der Waals surface area contributed by atoms with Gasteiger partial charge in [-0.05, 0) is 29.7 Å². The average Bonchev–Trinajstić information content (AvgIpc) is 2.75. The van der Waals surface area contributed by atoms with Crippen LogP contribution < -0.4 is 5.73 Å². The molecule has 0 saturated heterocycles. The summed E-state index contributed by atoms with van der Waals surface area (Å²) in [7, 11) is 0. The first kappa shape index (κ1) is 11.7. The molecular formula is C15H12F2N2. The van der Waals surface area contributed by atoms with Crippen LogP contribution in [0.3, 0.4) is 0 Å². The maximum Gasteiger partial charge on any atom is 0.131 e. The third-order valence-corrected chi connectivity index (χ3v) is 3.15. The lowest BCUT2D eigenvalue weighted by atomic mass is 10.2. The molecule has 2 nitrogen and oxygen atoms in total. The fourth-order valence-electron chi connectivity index (χ4n) is 2.17. The lowest BCUT2D eigenvalue weighted by Gasteiger charge is -2.07. The predicted octanol–water partition coefficient (Wildman–Crippen LogP) is 3.55. The summed E-state index contributed by atoms with van der Waals surface area (Å²) in [5, 5.41) is 1.04. The van der Waals surface area contributed by atoms with Crippen LogP contribution in [0.1, 0.15) is 5.56 Å². The van der Waals surface area contributed by atoms with Crippen LogP contribution in [0, 0.1) is 11.6 Å². The zero-order valence-corrected chi connectivity index (χ0v) is 10.1. The molecule has 3 aromatic rings. The summed E-state index contributed by atoms with van der Waals surface area (Å²) in [4.78, 5) is 0. The Bertz CT molecular complexity index is 747. The number of halogens is 2. The number of nitrogens with two attached hydrogens (primary N) is 1. The minimum absolute atomic E-state index is 0.346. The Hall–Kier alpha value is -2.36. The maximum absolute atomic E-state index is 13.6. The summed E-state index contributed by atoms with van der Waals surface area (Å²) in [6.45, 7) is 0.346. The SMILES string of the molecule is Nc1ccc2ccn(Cc3ccc(F)cc3F)c2c1. The molecule has 0 spiro atoms. The van der Waals surface area contributed by atoms with Gasteiger partial charge in [0.2, 0.25) is 0 Å². The number of benzene rings is 2. The Morgan fingerprint density at radius 3 is 2.63 bits per heavy atom. The van der Waals surface area contributed by atoms with Crippen molar-refractivity contribution in [2.24, 2.45) is 0 Å². The average molecular weight is 258 g/mol. The van der Waals surface area contributed by atoms with Crippen LogP contribution in [0.15, 0.2) is 48.7 Å². The second-order valence-corrected chi connectivity index (χ2v) is 4.50. The van der Waals surface area contributed by atoms with Crippen molar-refractivity contribution in [2.45, 2.75) is 6.54 Å². The third kappa shape index (κ3) is 2.17. The van der Waals surface area contributed by atoms with Crippen LogP contribution in [0.2, 0.25) is 0 Å². The summed E-state index contributed by atoms with van der Waals surface area (Å²) in [6.07, 6.45) is 1.87. The van der Waals surface area contributed by atoms with E-state index in [1.807, 2.05) is 35.0 Å².